The number of benzene rings is 3. The summed E-state index contributed by atoms with van der Waals surface area (Å²) >= 11 is 0. The lowest BCUT2D eigenvalue weighted by Crippen LogP contribution is -3.00. The third kappa shape index (κ3) is 4.59. The number of carbonyl (C=O) groups excluding carboxylic acids is 1. The van der Waals surface area contributed by atoms with Gasteiger partial charge in [0.15, 0.2) is 0 Å². The van der Waals surface area contributed by atoms with E-state index >= 15 is 0 Å². The van der Waals surface area contributed by atoms with Crippen LogP contribution in [0.4, 0.5) is 0 Å². The normalized spacial score (nSPS) is 12.2. The van der Waals surface area contributed by atoms with Crippen LogP contribution < -0.4 is 28.3 Å². The van der Waals surface area contributed by atoms with Crippen LogP contribution in [0.25, 0.3) is 0 Å². The van der Waals surface area contributed by atoms with Crippen molar-refractivity contribution in [3.63, 3.8) is 0 Å². The maximum atomic E-state index is 13.9. The Morgan fingerprint density at radius 2 is 1.07 bits per heavy atom. The molecule has 0 aromatic heterocycles. The molecule has 0 fully saturated rings. The van der Waals surface area contributed by atoms with Gasteiger partial charge in [-0.3, -0.25) is 4.79 Å². The highest BCUT2D eigenvalue weighted by atomic mass is 35.5. The standard InChI is InChI=1S/C27H30OP.ClH/c1-5-15-25(26(28)27(2,3)4)29(22-16-9-6-10-17-22,23-18-11-7-12-19-23)24-20-13-8-14-21-24;/h6-21H,5H2,1-4H3;1H/q+1;/p-1/b25-15+;. The molecule has 0 radical (unpaired) electrons. The summed E-state index contributed by atoms with van der Waals surface area (Å²) in [5, 5.41) is 4.61. The molecule has 0 atom stereocenters. The molecule has 0 N–H and O–H groups in total. The van der Waals surface area contributed by atoms with E-state index in [0.717, 1.165) is 11.7 Å². The lowest BCUT2D eigenvalue weighted by molar-refractivity contribution is -0.121. The molecule has 0 saturated carbocycles. The van der Waals surface area contributed by atoms with E-state index in [1.807, 2.05) is 39.0 Å². The fraction of sp³-hybridized carbons (Fsp3) is 0.222. The highest BCUT2D eigenvalue weighted by Crippen LogP contribution is 2.63. The van der Waals surface area contributed by atoms with Crippen molar-refractivity contribution in [3.05, 3.63) is 102 Å². The Labute approximate surface area is 188 Å². The molecule has 0 spiro atoms. The zero-order valence-corrected chi connectivity index (χ0v) is 19.8. The first-order valence-corrected chi connectivity index (χ1v) is 12.0. The summed E-state index contributed by atoms with van der Waals surface area (Å²) in [6.07, 6.45) is 3.00. The Hall–Kier alpha value is -2.21. The van der Waals surface area contributed by atoms with E-state index in [2.05, 4.69) is 85.8 Å². The topological polar surface area (TPSA) is 17.1 Å². The fourth-order valence-corrected chi connectivity index (χ4v) is 8.46. The molecule has 3 aromatic carbocycles. The quantitative estimate of drug-likeness (QED) is 0.429. The molecule has 0 aliphatic rings. The monoisotopic (exact) mass is 436 g/mol. The van der Waals surface area contributed by atoms with Crippen molar-refractivity contribution < 1.29 is 17.2 Å². The zero-order valence-electron chi connectivity index (χ0n) is 18.2. The minimum atomic E-state index is -2.32. The molecule has 0 amide bonds. The molecule has 3 aromatic rings. The summed E-state index contributed by atoms with van der Waals surface area (Å²) in [7, 11) is -2.32. The molecule has 0 aliphatic carbocycles. The van der Waals surface area contributed by atoms with Gasteiger partial charge in [0.2, 0.25) is 5.78 Å². The van der Waals surface area contributed by atoms with Crippen molar-refractivity contribution in [3.8, 4) is 0 Å². The first-order valence-electron chi connectivity index (χ1n) is 10.2. The average Bonchev–Trinajstić information content (AvgIpc) is 2.75. The summed E-state index contributed by atoms with van der Waals surface area (Å²) in [5.41, 5.74) is -0.454. The summed E-state index contributed by atoms with van der Waals surface area (Å²) in [4.78, 5) is 13.9. The van der Waals surface area contributed by atoms with Crippen LogP contribution in [0.15, 0.2) is 102 Å². The van der Waals surface area contributed by atoms with E-state index in [1.54, 1.807) is 0 Å². The van der Waals surface area contributed by atoms with Crippen LogP contribution >= 0.6 is 7.26 Å². The summed E-state index contributed by atoms with van der Waals surface area (Å²) in [6, 6.07) is 31.8. The SMILES string of the molecule is CC/C=C(\C(=O)C(C)(C)C)[P+](c1ccccc1)(c1ccccc1)c1ccccc1.[Cl-]. The predicted molar refractivity (Wildman–Crippen MR) is 128 cm³/mol. The molecule has 3 heteroatoms. The molecular formula is C27H30ClOP. The molecule has 0 bridgehead atoms. The first kappa shape index (κ1) is 24.1. The molecular weight excluding hydrogens is 407 g/mol. The lowest BCUT2D eigenvalue weighted by Gasteiger charge is -2.31. The minimum Gasteiger partial charge on any atom is -1.00 e. The summed E-state index contributed by atoms with van der Waals surface area (Å²) in [5.74, 6) is 0.226. The molecule has 1 nitrogen and oxygen atoms in total. The average molecular weight is 437 g/mol. The van der Waals surface area contributed by atoms with E-state index < -0.39 is 12.7 Å². The molecule has 3 rings (SSSR count). The zero-order chi connectivity index (χ0) is 20.9. The Balaban J connectivity index is 0.00000320. The molecule has 156 valence electrons. The Kier molecular flexibility index (Phi) is 8.18. The third-order valence-corrected chi connectivity index (χ3v) is 9.43. The first-order chi connectivity index (χ1) is 13.9. The molecule has 0 saturated heterocycles. The van der Waals surface area contributed by atoms with Gasteiger partial charge in [-0.1, -0.05) is 82.3 Å². The number of carbonyl (C=O) groups is 1. The summed E-state index contributed by atoms with van der Waals surface area (Å²) in [6.45, 7) is 8.18. The maximum Gasteiger partial charge on any atom is 0.203 e. The second-order valence-electron chi connectivity index (χ2n) is 8.25. The number of hydrogen-bond donors (Lipinski definition) is 0. The second-order valence-corrected chi connectivity index (χ2v) is 11.6. The Bertz CT molecular complexity index is 877. The van der Waals surface area contributed by atoms with Gasteiger partial charge in [0.05, 0.1) is 0 Å². The number of Topliss-reactive ketones (excluding diaryl/α,β-unsaturated/α-hetero) is 1. The van der Waals surface area contributed by atoms with Crippen molar-refractivity contribution in [2.75, 3.05) is 0 Å². The number of hydrogen-bond acceptors (Lipinski definition) is 1. The van der Waals surface area contributed by atoms with Gasteiger partial charge >= 0.3 is 0 Å². The number of ketones is 1. The molecule has 0 aliphatic heterocycles. The van der Waals surface area contributed by atoms with E-state index in [4.69, 9.17) is 0 Å². The minimum absolute atomic E-state index is 0. The van der Waals surface area contributed by atoms with Crippen LogP contribution in [0.3, 0.4) is 0 Å². The Morgan fingerprint density at radius 1 is 0.733 bits per heavy atom. The maximum absolute atomic E-state index is 13.9. The second kappa shape index (κ2) is 10.2. The van der Waals surface area contributed by atoms with Gasteiger partial charge in [0.1, 0.15) is 28.5 Å². The van der Waals surface area contributed by atoms with Crippen molar-refractivity contribution in [1.82, 2.24) is 0 Å². The largest absolute Gasteiger partial charge is 1.00 e. The number of halogens is 1. The van der Waals surface area contributed by atoms with Gasteiger partial charge in [-0.2, -0.15) is 0 Å². The Morgan fingerprint density at radius 3 is 1.33 bits per heavy atom. The molecule has 0 unspecified atom stereocenters. The van der Waals surface area contributed by atoms with Crippen LogP contribution in [0, 0.1) is 5.41 Å². The predicted octanol–water partition coefficient (Wildman–Crippen LogP) is 2.89. The highest BCUT2D eigenvalue weighted by molar-refractivity contribution is 7.99. The smallest absolute Gasteiger partial charge is 0.203 e. The van der Waals surface area contributed by atoms with Crippen LogP contribution in [-0.4, -0.2) is 5.78 Å². The lowest BCUT2D eigenvalue weighted by atomic mass is 9.90. The van der Waals surface area contributed by atoms with Gasteiger partial charge in [-0.05, 0) is 48.9 Å². The van der Waals surface area contributed by atoms with Crippen molar-refractivity contribution in [2.24, 2.45) is 5.41 Å². The van der Waals surface area contributed by atoms with Gasteiger partial charge in [-0.15, -0.1) is 0 Å². The summed E-state index contributed by atoms with van der Waals surface area (Å²) < 4.78 is 0. The van der Waals surface area contributed by atoms with Gasteiger partial charge in [0, 0.05) is 5.41 Å². The van der Waals surface area contributed by atoms with Crippen LogP contribution in [-0.2, 0) is 4.79 Å². The van der Waals surface area contributed by atoms with Crippen LogP contribution in [0.1, 0.15) is 34.1 Å². The fourth-order valence-electron chi connectivity index (χ4n) is 3.78. The van der Waals surface area contributed by atoms with Gasteiger partial charge in [0.25, 0.3) is 0 Å². The van der Waals surface area contributed by atoms with Crippen molar-refractivity contribution >= 4 is 29.0 Å². The van der Waals surface area contributed by atoms with E-state index in [1.165, 1.54) is 15.9 Å². The third-order valence-electron chi connectivity index (χ3n) is 5.10. The van der Waals surface area contributed by atoms with Crippen molar-refractivity contribution in [2.45, 2.75) is 34.1 Å². The van der Waals surface area contributed by atoms with Crippen molar-refractivity contribution in [1.29, 1.82) is 0 Å². The molecule has 0 heterocycles. The van der Waals surface area contributed by atoms with Gasteiger partial charge in [-0.25, -0.2) is 0 Å². The van der Waals surface area contributed by atoms with Crippen LogP contribution in [0.2, 0.25) is 0 Å². The van der Waals surface area contributed by atoms with E-state index in [0.29, 0.717) is 0 Å². The molecule has 30 heavy (non-hydrogen) atoms. The van der Waals surface area contributed by atoms with E-state index in [-0.39, 0.29) is 18.2 Å². The van der Waals surface area contributed by atoms with E-state index in [9.17, 15) is 4.79 Å². The number of allylic oxidation sites excluding steroid dienone is 2. The number of rotatable bonds is 6. The van der Waals surface area contributed by atoms with Gasteiger partial charge < -0.3 is 12.4 Å². The highest BCUT2D eigenvalue weighted by Gasteiger charge is 2.53. The van der Waals surface area contributed by atoms with Crippen LogP contribution in [0.5, 0.6) is 0 Å².